The molecule has 3 spiro atoms. The van der Waals surface area contributed by atoms with Gasteiger partial charge in [-0.15, -0.1) is 5.92 Å². The van der Waals surface area contributed by atoms with Gasteiger partial charge in [-0.25, -0.2) is 4.79 Å². The van der Waals surface area contributed by atoms with Gasteiger partial charge in [-0.2, -0.15) is 0 Å². The Bertz CT molecular complexity index is 2460. The normalized spacial score (nSPS) is 41.4. The van der Waals surface area contributed by atoms with Crippen molar-refractivity contribution in [3.8, 4) is 35.2 Å². The first-order valence-corrected chi connectivity index (χ1v) is 28.5. The Morgan fingerprint density at radius 2 is 1.84 bits per heavy atom. The van der Waals surface area contributed by atoms with Crippen molar-refractivity contribution in [3.05, 3.63) is 34.9 Å². The van der Waals surface area contributed by atoms with Crippen molar-refractivity contribution >= 4 is 17.8 Å². The number of allylic oxidation sites excluding steroid dienone is 1. The number of piperidine rings is 2. The molecule has 17 atom stereocenters. The summed E-state index contributed by atoms with van der Waals surface area (Å²) in [7, 11) is 1.81. The third-order valence-corrected chi connectivity index (χ3v) is 21.1. The standard InChI is InChI=1S/C60H81N3O10/c1-35(65)27-37-11-8-13-39-29-45-48(57(34-64)21-6-7-22-57)33-71-53-49(68)20-19-44(50(45)53)51(39)59-25-26-62-41(31-59)15-9-12-38-28-46(52(72-36(2)66)43(37)18-17-42(67)32-61-3)54(59)73-56(70)60-24-5-4-14-40(60)30-58(55(69)63-60)23-10-16-47(38)58/h19-20,28,35,37,39-43,45-48,51-52,54,61-62,64-65,67-68H,4-7,10-11,14-18,21-27,29-34H2,1-3H3,(H,63,69)/b38-28+/t35-,37-,39+,40-,41-,42+,43+,45+,46-,47+,48-,51+,52+,54+,58-,59-,60+/m0/s1. The van der Waals surface area contributed by atoms with E-state index in [0.717, 1.165) is 74.5 Å². The third-order valence-electron chi connectivity index (χ3n) is 21.1. The predicted molar refractivity (Wildman–Crippen MR) is 274 cm³/mol. The van der Waals surface area contributed by atoms with Gasteiger partial charge in [-0.05, 0) is 133 Å². The van der Waals surface area contributed by atoms with Crippen LogP contribution >= 0.6 is 0 Å². The number of aromatic hydroxyl groups is 1. The van der Waals surface area contributed by atoms with Crippen LogP contribution in [-0.2, 0) is 23.9 Å². The number of phenols is 1. The van der Waals surface area contributed by atoms with Crippen LogP contribution in [0.5, 0.6) is 11.5 Å². The number of ether oxygens (including phenoxy) is 3. The van der Waals surface area contributed by atoms with E-state index in [0.29, 0.717) is 96.1 Å². The largest absolute Gasteiger partial charge is 0.504 e. The lowest BCUT2D eigenvalue weighted by Crippen LogP contribution is -2.70. The molecule has 12 rings (SSSR count). The number of amides is 1. The first-order chi connectivity index (χ1) is 35.3. The number of phenolic OH excluding ortho intramolecular Hbond substituents is 1. The molecular formula is C60H81N3O10. The van der Waals surface area contributed by atoms with Gasteiger partial charge in [-0.1, -0.05) is 62.0 Å². The summed E-state index contributed by atoms with van der Waals surface area (Å²) in [6.07, 6.45) is 12.5. The van der Waals surface area contributed by atoms with Crippen molar-refractivity contribution in [2.45, 2.75) is 190 Å². The van der Waals surface area contributed by atoms with Gasteiger partial charge in [0.2, 0.25) is 5.91 Å². The number of hydrogen-bond acceptors (Lipinski definition) is 12. The topological polar surface area (TPSA) is 196 Å². The van der Waals surface area contributed by atoms with Crippen LogP contribution in [0.3, 0.4) is 0 Å². The van der Waals surface area contributed by atoms with Crippen molar-refractivity contribution in [2.24, 2.45) is 57.7 Å². The van der Waals surface area contributed by atoms with Crippen molar-refractivity contribution in [3.63, 3.8) is 0 Å². The van der Waals surface area contributed by atoms with Crippen LogP contribution in [0.1, 0.15) is 165 Å². The summed E-state index contributed by atoms with van der Waals surface area (Å²) < 4.78 is 21.4. The summed E-state index contributed by atoms with van der Waals surface area (Å²) in [6, 6.07) is 3.72. The minimum Gasteiger partial charge on any atom is -0.504 e. The fourth-order valence-electron chi connectivity index (χ4n) is 18.0. The molecule has 5 fully saturated rings. The summed E-state index contributed by atoms with van der Waals surface area (Å²) in [4.78, 5) is 45.7. The summed E-state index contributed by atoms with van der Waals surface area (Å²) in [5, 5.41) is 56.6. The number of carbonyl (C=O) groups is 3. The average molecular weight is 1000 g/mol. The smallest absolute Gasteiger partial charge is 0.332 e. The Balaban J connectivity index is 1.22. The third kappa shape index (κ3) is 8.62. The van der Waals surface area contributed by atoms with Crippen LogP contribution in [0.15, 0.2) is 23.8 Å². The Hall–Kier alpha value is -4.11. The van der Waals surface area contributed by atoms with E-state index in [-0.39, 0.29) is 71.1 Å². The Kier molecular flexibility index (Phi) is 14.1. The zero-order valence-electron chi connectivity index (χ0n) is 43.5. The predicted octanol–water partition coefficient (Wildman–Crippen LogP) is 6.69. The number of esters is 2. The molecule has 1 aromatic rings. The van der Waals surface area contributed by atoms with Gasteiger partial charge >= 0.3 is 11.9 Å². The van der Waals surface area contributed by atoms with Gasteiger partial charge < -0.3 is 50.6 Å². The first-order valence-electron chi connectivity index (χ1n) is 28.5. The number of carbonyl (C=O) groups excluding carboxylic acids is 3. The molecule has 13 heteroatoms. The van der Waals surface area contributed by atoms with E-state index in [9.17, 15) is 25.2 Å². The molecule has 3 saturated carbocycles. The van der Waals surface area contributed by atoms with Gasteiger partial charge in [-0.3, -0.25) is 9.59 Å². The number of nitrogens with one attached hydrogen (secondary N) is 3. The molecule has 5 aliphatic heterocycles. The number of fused-ring (bicyclic) bond motifs is 5. The lowest BCUT2D eigenvalue weighted by Gasteiger charge is -2.58. The maximum atomic E-state index is 16.3. The second-order valence-electron chi connectivity index (χ2n) is 24.9. The highest BCUT2D eigenvalue weighted by molar-refractivity contribution is 5.94. The van der Waals surface area contributed by atoms with E-state index in [4.69, 9.17) is 14.2 Å². The number of rotatable bonds is 10. The molecule has 1 aromatic carbocycles. The molecule has 2 saturated heterocycles. The molecule has 7 N–H and O–H groups in total. The van der Waals surface area contributed by atoms with E-state index in [2.05, 4.69) is 51.8 Å². The summed E-state index contributed by atoms with van der Waals surface area (Å²) in [5.41, 5.74) is -0.421. The molecule has 1 amide bonds. The van der Waals surface area contributed by atoms with Gasteiger partial charge in [0.05, 0.1) is 30.1 Å². The van der Waals surface area contributed by atoms with Crippen LogP contribution in [-0.4, -0.2) is 108 Å². The Labute approximate surface area is 432 Å². The minimum atomic E-state index is -1.24. The number of aliphatic hydroxyl groups excluding tert-OH is 3. The average Bonchev–Trinajstić information content (AvgIpc) is 4.03. The molecule has 0 radical (unpaired) electrons. The highest BCUT2D eigenvalue weighted by Crippen LogP contribution is 2.67. The van der Waals surface area contributed by atoms with Gasteiger partial charge in [0, 0.05) is 90.5 Å². The van der Waals surface area contributed by atoms with Gasteiger partial charge in [0.25, 0.3) is 0 Å². The van der Waals surface area contributed by atoms with E-state index in [1.165, 1.54) is 6.92 Å². The quantitative estimate of drug-likeness (QED) is 0.0971. The second kappa shape index (κ2) is 20.1. The monoisotopic (exact) mass is 1000 g/mol. The fourth-order valence-corrected chi connectivity index (χ4v) is 18.0. The lowest BCUT2D eigenvalue weighted by molar-refractivity contribution is -0.193. The van der Waals surface area contributed by atoms with Crippen molar-refractivity contribution in [2.75, 3.05) is 33.4 Å². The van der Waals surface area contributed by atoms with E-state index in [1.54, 1.807) is 13.0 Å². The molecule has 11 aliphatic rings. The molecule has 7 bridgehead atoms. The van der Waals surface area contributed by atoms with Crippen molar-refractivity contribution in [1.29, 1.82) is 0 Å². The van der Waals surface area contributed by atoms with E-state index < -0.39 is 64.6 Å². The molecule has 73 heavy (non-hydrogen) atoms. The Morgan fingerprint density at radius 3 is 2.62 bits per heavy atom. The number of benzene rings is 1. The summed E-state index contributed by atoms with van der Waals surface area (Å²) in [5.74, 6) is 12.1. The molecular weight excluding hydrogens is 923 g/mol. The van der Waals surface area contributed by atoms with E-state index in [1.807, 2.05) is 7.05 Å². The molecule has 5 heterocycles. The minimum absolute atomic E-state index is 0.0233. The van der Waals surface area contributed by atoms with Crippen LogP contribution < -0.4 is 20.7 Å². The SMILES string of the molecule is CNC[C@H](O)CC[C@@H]1[C@H](C[C@H](C)O)CC#C[C@@H]2C[C@H]3c4c(ccc(O)c4OC[C@@H]3C3(CO)CCCC3)[C@@H]2[C@@]23CCN[C@@H](CC#C/C4=C\[C@@H]([C@@H]1OC(C)=O)[C@H]2OC(=O)[C@@]12CCCC[C@H]1C[C@]1(CCC[C@H]41)C(=O)N2)C3. The molecule has 0 unspecified atom stereocenters. The second-order valence-corrected chi connectivity index (χ2v) is 24.9. The number of aliphatic hydroxyl groups is 3. The van der Waals surface area contributed by atoms with Crippen LogP contribution in [0, 0.1) is 81.4 Å². The first kappa shape index (κ1) is 51.0. The number of hydrogen-bond donors (Lipinski definition) is 7. The molecule has 6 aliphatic carbocycles. The van der Waals surface area contributed by atoms with Crippen LogP contribution in [0.2, 0.25) is 0 Å². The van der Waals surface area contributed by atoms with Crippen molar-refractivity contribution < 1.29 is 49.0 Å². The maximum absolute atomic E-state index is 16.3. The highest BCUT2D eigenvalue weighted by Gasteiger charge is 2.67. The van der Waals surface area contributed by atoms with Gasteiger partial charge in [0.1, 0.15) is 17.7 Å². The van der Waals surface area contributed by atoms with Gasteiger partial charge in [0.15, 0.2) is 11.5 Å². The van der Waals surface area contributed by atoms with Crippen LogP contribution in [0.25, 0.3) is 0 Å². The van der Waals surface area contributed by atoms with E-state index >= 15 is 9.59 Å². The highest BCUT2D eigenvalue weighted by atomic mass is 16.6. The lowest BCUT2D eigenvalue weighted by atomic mass is 9.50. The zero-order chi connectivity index (χ0) is 50.9. The summed E-state index contributed by atoms with van der Waals surface area (Å²) in [6.45, 7) is 4.63. The fraction of sp³-hybridized carbons (Fsp3) is 0.750. The maximum Gasteiger partial charge on any atom is 0.332 e. The Morgan fingerprint density at radius 1 is 1.01 bits per heavy atom. The number of likely N-dealkylation sites (N-methyl/N-ethyl adjacent to an activating group) is 1. The molecule has 13 nitrogen and oxygen atoms in total. The molecule has 396 valence electrons. The van der Waals surface area contributed by atoms with Crippen molar-refractivity contribution in [1.82, 2.24) is 16.0 Å². The zero-order valence-corrected chi connectivity index (χ0v) is 43.5. The summed E-state index contributed by atoms with van der Waals surface area (Å²) >= 11 is 0. The van der Waals surface area contributed by atoms with Crippen LogP contribution in [0.4, 0.5) is 0 Å². The molecule has 0 aromatic heterocycles.